The van der Waals surface area contributed by atoms with Gasteiger partial charge in [-0.2, -0.15) is 13.2 Å². The molecular formula is C27H45F3O3. The predicted molar refractivity (Wildman–Crippen MR) is 123 cm³/mol. The van der Waals surface area contributed by atoms with E-state index in [9.17, 15) is 13.2 Å². The molecule has 0 bridgehead atoms. The van der Waals surface area contributed by atoms with E-state index in [0.717, 1.165) is 12.8 Å². The summed E-state index contributed by atoms with van der Waals surface area (Å²) >= 11 is 0. The molecule has 4 aliphatic rings. The Kier molecular flexibility index (Phi) is 7.24. The van der Waals surface area contributed by atoms with Crippen LogP contribution in [0.2, 0.25) is 0 Å². The minimum atomic E-state index is -4.28. The second-order valence-corrected chi connectivity index (χ2v) is 12.2. The smallest absolute Gasteiger partial charge is 0.382 e. The normalized spacial score (nSPS) is 47.4. The molecule has 33 heavy (non-hydrogen) atoms. The molecule has 0 aromatic carbocycles. The number of methoxy groups -OCH3 is 3. The van der Waals surface area contributed by atoms with Crippen molar-refractivity contribution in [2.45, 2.75) is 90.0 Å². The quantitative estimate of drug-likeness (QED) is 0.426. The predicted octanol–water partition coefficient (Wildman–Crippen LogP) is 6.75. The van der Waals surface area contributed by atoms with Crippen molar-refractivity contribution in [2.24, 2.45) is 52.8 Å². The molecule has 0 N–H and O–H groups in total. The average Bonchev–Trinajstić information content (AvgIpc) is 3.06. The van der Waals surface area contributed by atoms with Gasteiger partial charge in [-0.05, 0) is 104 Å². The number of alkyl halides is 3. The average molecular weight is 475 g/mol. The SMILES string of the molecule is COC[C@@H](OC)[C@@H](C)[C@H]1C[C@H](C)[C@H]2[C@@H]3CC[C@@H]4C[C@@](OC)(C(F)(F)F)CC[C@@H]4[C@H]3CC[C@@]21C. The largest absolute Gasteiger partial charge is 0.417 e. The van der Waals surface area contributed by atoms with E-state index in [1.165, 1.54) is 26.4 Å². The molecule has 4 fully saturated rings. The van der Waals surface area contributed by atoms with Gasteiger partial charge in [-0.3, -0.25) is 0 Å². The lowest BCUT2D eigenvalue weighted by Crippen LogP contribution is -2.56. The molecule has 0 spiro atoms. The molecule has 192 valence electrons. The van der Waals surface area contributed by atoms with Crippen LogP contribution in [0.15, 0.2) is 0 Å². The lowest BCUT2D eigenvalue weighted by Gasteiger charge is -2.58. The van der Waals surface area contributed by atoms with Crippen molar-refractivity contribution in [3.8, 4) is 0 Å². The van der Waals surface area contributed by atoms with Gasteiger partial charge in [0.2, 0.25) is 0 Å². The summed E-state index contributed by atoms with van der Waals surface area (Å²) in [7, 11) is 4.79. The summed E-state index contributed by atoms with van der Waals surface area (Å²) in [4.78, 5) is 0. The lowest BCUT2D eigenvalue weighted by atomic mass is 9.47. The first-order valence-electron chi connectivity index (χ1n) is 13.2. The zero-order chi connectivity index (χ0) is 24.2. The molecule has 3 nitrogen and oxygen atoms in total. The molecule has 0 amide bonds. The maximum Gasteiger partial charge on any atom is 0.417 e. The zero-order valence-corrected chi connectivity index (χ0v) is 21.4. The minimum Gasteiger partial charge on any atom is -0.382 e. The van der Waals surface area contributed by atoms with Crippen molar-refractivity contribution in [1.82, 2.24) is 0 Å². The molecule has 0 aromatic heterocycles. The molecule has 4 saturated carbocycles. The fraction of sp³-hybridized carbons (Fsp3) is 1.00. The van der Waals surface area contributed by atoms with Gasteiger partial charge in [0.05, 0.1) is 12.7 Å². The van der Waals surface area contributed by atoms with Gasteiger partial charge in [0.15, 0.2) is 5.60 Å². The van der Waals surface area contributed by atoms with E-state index in [1.54, 1.807) is 14.2 Å². The molecule has 0 unspecified atom stereocenters. The monoisotopic (exact) mass is 474 g/mol. The molecule has 0 aliphatic heterocycles. The Morgan fingerprint density at radius 2 is 1.67 bits per heavy atom. The van der Waals surface area contributed by atoms with E-state index >= 15 is 0 Å². The zero-order valence-electron chi connectivity index (χ0n) is 21.4. The van der Waals surface area contributed by atoms with Crippen molar-refractivity contribution in [1.29, 1.82) is 0 Å². The molecule has 0 saturated heterocycles. The summed E-state index contributed by atoms with van der Waals surface area (Å²) in [6.45, 7) is 7.91. The van der Waals surface area contributed by atoms with Gasteiger partial charge in [0, 0.05) is 21.3 Å². The van der Waals surface area contributed by atoms with Crippen LogP contribution in [0.4, 0.5) is 13.2 Å². The van der Waals surface area contributed by atoms with E-state index in [2.05, 4.69) is 20.8 Å². The van der Waals surface area contributed by atoms with Crippen molar-refractivity contribution in [3.63, 3.8) is 0 Å². The van der Waals surface area contributed by atoms with E-state index in [1.807, 2.05) is 0 Å². The molecular weight excluding hydrogens is 429 g/mol. The summed E-state index contributed by atoms with van der Waals surface area (Å²) < 4.78 is 58.1. The van der Waals surface area contributed by atoms with Crippen LogP contribution in [-0.4, -0.2) is 45.8 Å². The van der Waals surface area contributed by atoms with Gasteiger partial charge in [-0.1, -0.05) is 20.8 Å². The van der Waals surface area contributed by atoms with Crippen molar-refractivity contribution < 1.29 is 27.4 Å². The number of ether oxygens (including phenoxy) is 3. The molecule has 0 aromatic rings. The number of rotatable bonds is 6. The van der Waals surface area contributed by atoms with Crippen LogP contribution in [-0.2, 0) is 14.2 Å². The number of hydrogen-bond acceptors (Lipinski definition) is 3. The highest BCUT2D eigenvalue weighted by atomic mass is 19.4. The minimum absolute atomic E-state index is 0.110. The van der Waals surface area contributed by atoms with E-state index in [-0.39, 0.29) is 30.3 Å². The maximum atomic E-state index is 13.9. The Labute approximate surface area is 198 Å². The van der Waals surface area contributed by atoms with E-state index in [0.29, 0.717) is 54.5 Å². The first-order chi connectivity index (χ1) is 15.5. The lowest BCUT2D eigenvalue weighted by molar-refractivity contribution is -0.291. The van der Waals surface area contributed by atoms with E-state index < -0.39 is 11.8 Å². The Bertz CT molecular complexity index is 684. The summed E-state index contributed by atoms with van der Waals surface area (Å²) in [5.41, 5.74) is -1.64. The maximum absolute atomic E-state index is 13.9. The van der Waals surface area contributed by atoms with E-state index in [4.69, 9.17) is 14.2 Å². The highest BCUT2D eigenvalue weighted by Gasteiger charge is 2.64. The third kappa shape index (κ3) is 4.08. The molecule has 4 rings (SSSR count). The van der Waals surface area contributed by atoms with Crippen LogP contribution in [0, 0.1) is 52.8 Å². The van der Waals surface area contributed by atoms with Crippen molar-refractivity contribution in [2.75, 3.05) is 27.9 Å². The second kappa shape index (κ2) is 9.28. The van der Waals surface area contributed by atoms with Crippen LogP contribution >= 0.6 is 0 Å². The highest BCUT2D eigenvalue weighted by Crippen LogP contribution is 2.68. The Morgan fingerprint density at radius 1 is 0.970 bits per heavy atom. The molecule has 0 radical (unpaired) electrons. The van der Waals surface area contributed by atoms with Gasteiger partial charge in [-0.25, -0.2) is 0 Å². The summed E-state index contributed by atoms with van der Waals surface area (Å²) in [5.74, 6) is 4.18. The Morgan fingerprint density at radius 3 is 2.27 bits per heavy atom. The molecule has 4 aliphatic carbocycles. The second-order valence-electron chi connectivity index (χ2n) is 12.2. The van der Waals surface area contributed by atoms with Crippen LogP contribution < -0.4 is 0 Å². The number of fused-ring (bicyclic) bond motifs is 5. The third-order valence-corrected chi connectivity index (χ3v) is 11.1. The summed E-state index contributed by atoms with van der Waals surface area (Å²) in [6, 6.07) is 0. The molecule has 0 heterocycles. The fourth-order valence-electron chi connectivity index (χ4n) is 9.69. The van der Waals surface area contributed by atoms with Gasteiger partial charge in [-0.15, -0.1) is 0 Å². The first-order valence-corrected chi connectivity index (χ1v) is 13.2. The molecule has 6 heteroatoms. The highest BCUT2D eigenvalue weighted by molar-refractivity contribution is 5.10. The van der Waals surface area contributed by atoms with Crippen molar-refractivity contribution in [3.05, 3.63) is 0 Å². The van der Waals surface area contributed by atoms with Gasteiger partial charge < -0.3 is 14.2 Å². The molecule has 11 atom stereocenters. The Hall–Kier alpha value is -0.330. The van der Waals surface area contributed by atoms with Crippen molar-refractivity contribution >= 4 is 0 Å². The fourth-order valence-corrected chi connectivity index (χ4v) is 9.69. The third-order valence-electron chi connectivity index (χ3n) is 11.1. The summed E-state index contributed by atoms with van der Waals surface area (Å²) in [6.07, 6.45) is 2.38. The Balaban J connectivity index is 1.53. The number of halogens is 3. The van der Waals surface area contributed by atoms with Gasteiger partial charge in [0.25, 0.3) is 0 Å². The number of hydrogen-bond donors (Lipinski definition) is 0. The van der Waals surface area contributed by atoms with Crippen LogP contribution in [0.3, 0.4) is 0 Å². The van der Waals surface area contributed by atoms with Crippen LogP contribution in [0.25, 0.3) is 0 Å². The van der Waals surface area contributed by atoms with Gasteiger partial charge >= 0.3 is 6.18 Å². The standard InChI is InChI=1S/C27H45F3O3/c1-16-13-22(17(2)23(32-5)15-31-4)25(3)11-9-20-19-10-12-26(33-6,27(28,29)30)14-18(19)7-8-21(20)24(16)25/h16-24H,7-15H2,1-6H3/t16-,17-,18+,19-,20+,21+,22+,23+,24-,25+,26+/m0/s1. The summed E-state index contributed by atoms with van der Waals surface area (Å²) in [5, 5.41) is 0. The van der Waals surface area contributed by atoms with Gasteiger partial charge in [0.1, 0.15) is 0 Å². The first kappa shape index (κ1) is 25.8. The van der Waals surface area contributed by atoms with Crippen LogP contribution in [0.5, 0.6) is 0 Å². The topological polar surface area (TPSA) is 27.7 Å². The van der Waals surface area contributed by atoms with Crippen LogP contribution in [0.1, 0.15) is 72.1 Å².